The summed E-state index contributed by atoms with van der Waals surface area (Å²) >= 11 is 0. The Morgan fingerprint density at radius 1 is 1.36 bits per heavy atom. The van der Waals surface area contributed by atoms with Crippen LogP contribution in [0, 0.1) is 0 Å². The Morgan fingerprint density at radius 2 is 2.08 bits per heavy atom. The lowest BCUT2D eigenvalue weighted by molar-refractivity contribution is -0.0509. The molecule has 1 heterocycles. The van der Waals surface area contributed by atoms with Gasteiger partial charge in [0, 0.05) is 18.2 Å². The highest BCUT2D eigenvalue weighted by Crippen LogP contribution is 2.29. The molecule has 0 spiro atoms. The smallest absolute Gasteiger partial charge is 0.336 e. The third-order valence-corrected chi connectivity index (χ3v) is 3.98. The predicted molar refractivity (Wildman–Crippen MR) is 94.9 cm³/mol. The predicted octanol–water partition coefficient (Wildman–Crippen LogP) is 2.74. The maximum Gasteiger partial charge on any atom is 0.336 e. The van der Waals surface area contributed by atoms with Gasteiger partial charge in [0.05, 0.1) is 17.1 Å². The number of benzene rings is 1. The number of ether oxygens (including phenoxy) is 1. The van der Waals surface area contributed by atoms with Crippen LogP contribution in [0.4, 0.5) is 0 Å². The monoisotopic (exact) mass is 348 g/mol. The first-order valence-corrected chi connectivity index (χ1v) is 8.12. The van der Waals surface area contributed by atoms with Crippen LogP contribution in [0.3, 0.4) is 0 Å². The number of allylic oxidation sites excluding steroid dienone is 1. The SMILES string of the molecule is CC(=CCOc1cc(O)cc2oc(=O)ccc12)CC[C@H](O)C(C)(C)O. The van der Waals surface area contributed by atoms with Crippen LogP contribution < -0.4 is 10.4 Å². The van der Waals surface area contributed by atoms with Crippen LogP contribution in [0.1, 0.15) is 33.6 Å². The van der Waals surface area contributed by atoms with Crippen LogP contribution in [0.15, 0.2) is 45.1 Å². The quantitative estimate of drug-likeness (QED) is 0.525. The van der Waals surface area contributed by atoms with E-state index in [2.05, 4.69) is 0 Å². The Morgan fingerprint density at radius 3 is 2.76 bits per heavy atom. The number of phenolic OH excluding ortho intramolecular Hbond substituents is 1. The zero-order valence-corrected chi connectivity index (χ0v) is 14.7. The summed E-state index contributed by atoms with van der Waals surface area (Å²) in [5, 5.41) is 29.9. The van der Waals surface area contributed by atoms with Crippen molar-refractivity contribution in [3.8, 4) is 11.5 Å². The van der Waals surface area contributed by atoms with Crippen molar-refractivity contribution >= 4 is 11.0 Å². The molecule has 6 nitrogen and oxygen atoms in total. The number of phenols is 1. The lowest BCUT2D eigenvalue weighted by Gasteiger charge is -2.24. The van der Waals surface area contributed by atoms with Gasteiger partial charge >= 0.3 is 5.63 Å². The Balaban J connectivity index is 2.01. The molecular formula is C19H24O6. The van der Waals surface area contributed by atoms with Crippen LogP contribution in [0.2, 0.25) is 0 Å². The molecule has 136 valence electrons. The van der Waals surface area contributed by atoms with E-state index in [1.54, 1.807) is 19.9 Å². The fourth-order valence-corrected chi connectivity index (χ4v) is 2.34. The van der Waals surface area contributed by atoms with Crippen LogP contribution in [-0.2, 0) is 0 Å². The topological polar surface area (TPSA) is 100 Å². The van der Waals surface area contributed by atoms with Crippen molar-refractivity contribution in [1.82, 2.24) is 0 Å². The molecule has 2 rings (SSSR count). The molecule has 1 atom stereocenters. The second-order valence-corrected chi connectivity index (χ2v) is 6.68. The molecule has 1 aromatic heterocycles. The van der Waals surface area contributed by atoms with Gasteiger partial charge in [0.2, 0.25) is 0 Å². The molecule has 0 fully saturated rings. The minimum absolute atomic E-state index is 0.0501. The summed E-state index contributed by atoms with van der Waals surface area (Å²) < 4.78 is 10.7. The summed E-state index contributed by atoms with van der Waals surface area (Å²) in [6.07, 6.45) is 2.15. The van der Waals surface area contributed by atoms with Crippen LogP contribution in [-0.4, -0.2) is 33.6 Å². The van der Waals surface area contributed by atoms with Crippen molar-refractivity contribution in [2.45, 2.75) is 45.3 Å². The third-order valence-electron chi connectivity index (χ3n) is 3.98. The molecule has 0 aliphatic heterocycles. The number of aromatic hydroxyl groups is 1. The van der Waals surface area contributed by atoms with Gasteiger partial charge in [-0.25, -0.2) is 4.79 Å². The van der Waals surface area contributed by atoms with Crippen molar-refractivity contribution in [2.75, 3.05) is 6.61 Å². The molecule has 0 aliphatic rings. The zero-order chi connectivity index (χ0) is 18.6. The minimum Gasteiger partial charge on any atom is -0.508 e. The summed E-state index contributed by atoms with van der Waals surface area (Å²) in [7, 11) is 0. The standard InChI is InChI=1S/C19H24O6/c1-12(4-6-17(21)19(2,3)23)8-9-24-15-10-13(20)11-16-14(15)5-7-18(22)25-16/h5,7-8,10-11,17,20-21,23H,4,6,9H2,1-3H3/t17-/m0/s1. The van der Waals surface area contributed by atoms with E-state index >= 15 is 0 Å². The number of aliphatic hydroxyl groups is 2. The summed E-state index contributed by atoms with van der Waals surface area (Å²) in [6.45, 7) is 5.33. The summed E-state index contributed by atoms with van der Waals surface area (Å²) in [4.78, 5) is 11.3. The van der Waals surface area contributed by atoms with Gasteiger partial charge in [-0.1, -0.05) is 5.57 Å². The molecule has 0 aliphatic carbocycles. The molecule has 0 saturated heterocycles. The van der Waals surface area contributed by atoms with E-state index in [0.29, 0.717) is 24.0 Å². The van der Waals surface area contributed by atoms with E-state index in [9.17, 15) is 20.1 Å². The summed E-state index contributed by atoms with van der Waals surface area (Å²) in [5.74, 6) is 0.366. The van der Waals surface area contributed by atoms with Gasteiger partial charge in [-0.2, -0.15) is 0 Å². The second-order valence-electron chi connectivity index (χ2n) is 6.68. The molecule has 0 unspecified atom stereocenters. The number of fused-ring (bicyclic) bond motifs is 1. The van der Waals surface area contributed by atoms with Crippen LogP contribution in [0.25, 0.3) is 11.0 Å². The molecule has 0 bridgehead atoms. The average molecular weight is 348 g/mol. The first-order chi connectivity index (χ1) is 11.7. The van der Waals surface area contributed by atoms with E-state index < -0.39 is 17.3 Å². The Hall–Kier alpha value is -2.31. The van der Waals surface area contributed by atoms with E-state index in [0.717, 1.165) is 5.57 Å². The zero-order valence-electron chi connectivity index (χ0n) is 14.7. The van der Waals surface area contributed by atoms with E-state index in [1.165, 1.54) is 18.2 Å². The van der Waals surface area contributed by atoms with E-state index in [1.807, 2.05) is 13.0 Å². The molecule has 6 heteroatoms. The fraction of sp³-hybridized carbons (Fsp3) is 0.421. The van der Waals surface area contributed by atoms with E-state index in [-0.39, 0.29) is 17.9 Å². The van der Waals surface area contributed by atoms with Crippen molar-refractivity contribution in [3.63, 3.8) is 0 Å². The lowest BCUT2D eigenvalue weighted by atomic mass is 9.96. The van der Waals surface area contributed by atoms with Crippen molar-refractivity contribution < 1.29 is 24.5 Å². The number of hydrogen-bond donors (Lipinski definition) is 3. The molecule has 1 aromatic carbocycles. The molecule has 25 heavy (non-hydrogen) atoms. The van der Waals surface area contributed by atoms with Crippen LogP contribution in [0.5, 0.6) is 11.5 Å². The van der Waals surface area contributed by atoms with E-state index in [4.69, 9.17) is 9.15 Å². The number of hydrogen-bond acceptors (Lipinski definition) is 6. The third kappa shape index (κ3) is 5.34. The van der Waals surface area contributed by atoms with Crippen molar-refractivity contribution in [3.05, 3.63) is 46.3 Å². The number of rotatable bonds is 7. The second kappa shape index (κ2) is 7.72. The van der Waals surface area contributed by atoms with Gasteiger partial charge in [-0.3, -0.25) is 0 Å². The fourth-order valence-electron chi connectivity index (χ4n) is 2.34. The largest absolute Gasteiger partial charge is 0.508 e. The highest BCUT2D eigenvalue weighted by molar-refractivity contribution is 5.84. The highest BCUT2D eigenvalue weighted by atomic mass is 16.5. The average Bonchev–Trinajstić information content (AvgIpc) is 2.50. The van der Waals surface area contributed by atoms with Crippen LogP contribution >= 0.6 is 0 Å². The van der Waals surface area contributed by atoms with Crippen molar-refractivity contribution in [2.24, 2.45) is 0 Å². The first-order valence-electron chi connectivity index (χ1n) is 8.12. The molecule has 0 amide bonds. The summed E-state index contributed by atoms with van der Waals surface area (Å²) in [5.41, 5.74) is -0.345. The van der Waals surface area contributed by atoms with Gasteiger partial charge in [0.25, 0.3) is 0 Å². The lowest BCUT2D eigenvalue weighted by Crippen LogP contribution is -2.35. The first kappa shape index (κ1) is 19.0. The molecule has 3 N–H and O–H groups in total. The Bertz CT molecular complexity index is 813. The minimum atomic E-state index is -1.12. The molecule has 2 aromatic rings. The number of aliphatic hydroxyl groups excluding tert-OH is 1. The Kier molecular flexibility index (Phi) is 5.87. The Labute approximate surface area is 146 Å². The van der Waals surface area contributed by atoms with Gasteiger partial charge in [-0.15, -0.1) is 0 Å². The maximum atomic E-state index is 11.3. The van der Waals surface area contributed by atoms with Gasteiger partial charge in [0.15, 0.2) is 0 Å². The summed E-state index contributed by atoms with van der Waals surface area (Å²) in [6, 6.07) is 5.71. The van der Waals surface area contributed by atoms with Crippen molar-refractivity contribution in [1.29, 1.82) is 0 Å². The van der Waals surface area contributed by atoms with Gasteiger partial charge in [-0.05, 0) is 45.8 Å². The highest BCUT2D eigenvalue weighted by Gasteiger charge is 2.23. The molecule has 0 saturated carbocycles. The normalized spacial score (nSPS) is 13.9. The van der Waals surface area contributed by atoms with Gasteiger partial charge < -0.3 is 24.5 Å². The maximum absolute atomic E-state index is 11.3. The van der Waals surface area contributed by atoms with Gasteiger partial charge in [0.1, 0.15) is 23.7 Å². The molecular weight excluding hydrogens is 324 g/mol. The molecule has 0 radical (unpaired) electrons.